The number of aromatic nitrogens is 3. The molecular formula is C22H30N4O4. The van der Waals surface area contributed by atoms with E-state index in [9.17, 15) is 4.79 Å². The van der Waals surface area contributed by atoms with Gasteiger partial charge in [0.05, 0.1) is 26.4 Å². The van der Waals surface area contributed by atoms with Crippen molar-refractivity contribution in [2.24, 2.45) is 0 Å². The molecule has 1 aromatic heterocycles. The minimum absolute atomic E-state index is 0.369. The summed E-state index contributed by atoms with van der Waals surface area (Å²) in [6.45, 7) is 4.41. The smallest absolute Gasteiger partial charge is 0.338 e. The maximum Gasteiger partial charge on any atom is 0.338 e. The van der Waals surface area contributed by atoms with Gasteiger partial charge in [0, 0.05) is 11.3 Å². The van der Waals surface area contributed by atoms with E-state index in [1.54, 1.807) is 18.9 Å². The minimum Gasteiger partial charge on any atom is -0.493 e. The van der Waals surface area contributed by atoms with Crippen LogP contribution in [0.2, 0.25) is 0 Å². The Morgan fingerprint density at radius 2 is 1.97 bits per heavy atom. The monoisotopic (exact) mass is 414 g/mol. The molecular weight excluding hydrogens is 384 g/mol. The average Bonchev–Trinajstić information content (AvgIpc) is 3.22. The Kier molecular flexibility index (Phi) is 7.32. The van der Waals surface area contributed by atoms with E-state index in [-0.39, 0.29) is 5.97 Å². The van der Waals surface area contributed by atoms with Crippen molar-refractivity contribution in [3.05, 3.63) is 41.4 Å². The molecule has 0 aliphatic carbocycles. The molecule has 0 bridgehead atoms. The van der Waals surface area contributed by atoms with Gasteiger partial charge in [-0.1, -0.05) is 44.7 Å². The van der Waals surface area contributed by atoms with Gasteiger partial charge in [0.25, 0.3) is 0 Å². The van der Waals surface area contributed by atoms with Crippen LogP contribution in [0.1, 0.15) is 57.6 Å². The first-order chi connectivity index (χ1) is 14.6. The molecule has 3 rings (SSSR count). The number of methoxy groups -OCH3 is 2. The van der Waals surface area contributed by atoms with E-state index in [1.807, 2.05) is 25.1 Å². The molecule has 0 saturated heterocycles. The summed E-state index contributed by atoms with van der Waals surface area (Å²) in [6.07, 6.45) is 6.91. The van der Waals surface area contributed by atoms with Gasteiger partial charge < -0.3 is 19.5 Å². The van der Waals surface area contributed by atoms with E-state index in [1.165, 1.54) is 19.2 Å². The number of anilines is 1. The van der Waals surface area contributed by atoms with Gasteiger partial charge in [0.1, 0.15) is 12.4 Å². The van der Waals surface area contributed by atoms with Crippen molar-refractivity contribution in [1.82, 2.24) is 14.8 Å². The summed E-state index contributed by atoms with van der Waals surface area (Å²) in [5, 5.41) is 7.50. The van der Waals surface area contributed by atoms with Gasteiger partial charge in [-0.25, -0.2) is 9.48 Å². The number of carbonyl (C=O) groups is 1. The second-order valence-corrected chi connectivity index (χ2v) is 7.23. The molecule has 162 valence electrons. The zero-order chi connectivity index (χ0) is 21.5. The standard InChI is InChI=1S/C22H30N4O4/c1-5-6-7-8-9-13-30-21(27)18-15(2)25-22-23-14-24-26(22)19(18)16-11-10-12-17(28-3)20(16)29-4/h10-12,14,19H,5-9,13H2,1-4H3,(H,23,24,25)/t19-/m1/s1. The predicted octanol–water partition coefficient (Wildman–Crippen LogP) is 4.10. The Hall–Kier alpha value is -3.03. The average molecular weight is 415 g/mol. The Morgan fingerprint density at radius 3 is 2.70 bits per heavy atom. The second kappa shape index (κ2) is 10.1. The van der Waals surface area contributed by atoms with Crippen LogP contribution in [0.3, 0.4) is 0 Å². The number of carbonyl (C=O) groups excluding carboxylic acids is 1. The Labute approximate surface area is 177 Å². The highest BCUT2D eigenvalue weighted by Crippen LogP contribution is 2.42. The van der Waals surface area contributed by atoms with E-state index in [0.717, 1.165) is 24.8 Å². The zero-order valence-corrected chi connectivity index (χ0v) is 18.1. The third-order valence-electron chi connectivity index (χ3n) is 5.22. The Balaban J connectivity index is 1.91. The number of ether oxygens (including phenoxy) is 3. The molecule has 0 radical (unpaired) electrons. The summed E-state index contributed by atoms with van der Waals surface area (Å²) < 4.78 is 18.4. The first kappa shape index (κ1) is 21.7. The van der Waals surface area contributed by atoms with Crippen LogP contribution in [0.4, 0.5) is 5.95 Å². The number of benzene rings is 1. The first-order valence-corrected chi connectivity index (χ1v) is 10.4. The number of hydrogen-bond donors (Lipinski definition) is 1. The molecule has 1 N–H and O–H groups in total. The van der Waals surface area contributed by atoms with Crippen LogP contribution >= 0.6 is 0 Å². The molecule has 8 nitrogen and oxygen atoms in total. The van der Waals surface area contributed by atoms with Crippen LogP contribution in [-0.4, -0.2) is 41.6 Å². The van der Waals surface area contributed by atoms with Crippen LogP contribution in [0.15, 0.2) is 35.8 Å². The second-order valence-electron chi connectivity index (χ2n) is 7.23. The van der Waals surface area contributed by atoms with Crippen molar-refractivity contribution < 1.29 is 19.0 Å². The molecule has 1 aliphatic heterocycles. The van der Waals surface area contributed by atoms with Gasteiger partial charge in [0.15, 0.2) is 11.5 Å². The van der Waals surface area contributed by atoms with Crippen molar-refractivity contribution in [3.8, 4) is 11.5 Å². The maximum atomic E-state index is 13.1. The molecule has 0 amide bonds. The molecule has 0 saturated carbocycles. The van der Waals surface area contributed by atoms with Crippen LogP contribution < -0.4 is 14.8 Å². The number of fused-ring (bicyclic) bond motifs is 1. The highest BCUT2D eigenvalue weighted by atomic mass is 16.5. The quantitative estimate of drug-likeness (QED) is 0.463. The minimum atomic E-state index is -0.540. The molecule has 1 aliphatic rings. The van der Waals surface area contributed by atoms with Gasteiger partial charge in [-0.05, 0) is 19.4 Å². The molecule has 30 heavy (non-hydrogen) atoms. The fraction of sp³-hybridized carbons (Fsp3) is 0.500. The first-order valence-electron chi connectivity index (χ1n) is 10.4. The summed E-state index contributed by atoms with van der Waals surface area (Å²) in [7, 11) is 3.16. The third-order valence-corrected chi connectivity index (χ3v) is 5.22. The van der Waals surface area contributed by atoms with E-state index in [4.69, 9.17) is 14.2 Å². The number of nitrogens with one attached hydrogen (secondary N) is 1. The molecule has 2 aromatic rings. The molecule has 1 atom stereocenters. The number of rotatable bonds is 10. The van der Waals surface area contributed by atoms with E-state index in [2.05, 4.69) is 22.3 Å². The van der Waals surface area contributed by atoms with Crippen molar-refractivity contribution in [3.63, 3.8) is 0 Å². The number of hydrogen-bond acceptors (Lipinski definition) is 7. The summed E-state index contributed by atoms with van der Waals surface area (Å²) in [5.41, 5.74) is 1.91. The third kappa shape index (κ3) is 4.42. The van der Waals surface area contributed by atoms with E-state index in [0.29, 0.717) is 35.3 Å². The molecule has 0 unspecified atom stereocenters. The number of para-hydroxylation sites is 1. The summed E-state index contributed by atoms with van der Waals surface area (Å²) in [6, 6.07) is 5.03. The van der Waals surface area contributed by atoms with Crippen LogP contribution in [-0.2, 0) is 9.53 Å². The predicted molar refractivity (Wildman–Crippen MR) is 114 cm³/mol. The lowest BCUT2D eigenvalue weighted by Crippen LogP contribution is -2.30. The lowest BCUT2D eigenvalue weighted by molar-refractivity contribution is -0.139. The van der Waals surface area contributed by atoms with Crippen LogP contribution in [0, 0.1) is 0 Å². The highest BCUT2D eigenvalue weighted by Gasteiger charge is 2.36. The van der Waals surface area contributed by atoms with E-state index < -0.39 is 6.04 Å². The van der Waals surface area contributed by atoms with Gasteiger partial charge >= 0.3 is 5.97 Å². The number of esters is 1. The number of nitrogens with zero attached hydrogens (tertiary/aromatic N) is 3. The fourth-order valence-corrected chi connectivity index (χ4v) is 3.72. The fourth-order valence-electron chi connectivity index (χ4n) is 3.72. The van der Waals surface area contributed by atoms with Crippen molar-refractivity contribution in [2.45, 2.75) is 52.0 Å². The largest absolute Gasteiger partial charge is 0.493 e. The normalized spacial score (nSPS) is 15.4. The maximum absolute atomic E-state index is 13.1. The number of unbranched alkanes of at least 4 members (excludes halogenated alkanes) is 4. The van der Waals surface area contributed by atoms with Crippen molar-refractivity contribution in [2.75, 3.05) is 26.1 Å². The topological polar surface area (TPSA) is 87.5 Å². The van der Waals surface area contributed by atoms with Crippen molar-refractivity contribution in [1.29, 1.82) is 0 Å². The molecule has 8 heteroatoms. The highest BCUT2D eigenvalue weighted by molar-refractivity contribution is 5.92. The summed E-state index contributed by atoms with van der Waals surface area (Å²) in [5.74, 6) is 1.31. The zero-order valence-electron chi connectivity index (χ0n) is 18.1. The van der Waals surface area contributed by atoms with Gasteiger partial charge in [0.2, 0.25) is 5.95 Å². The number of allylic oxidation sites excluding steroid dienone is 1. The Morgan fingerprint density at radius 1 is 1.17 bits per heavy atom. The van der Waals surface area contributed by atoms with Gasteiger partial charge in [-0.3, -0.25) is 0 Å². The lowest BCUT2D eigenvalue weighted by Gasteiger charge is -2.29. The molecule has 1 aromatic carbocycles. The summed E-state index contributed by atoms with van der Waals surface area (Å²) in [4.78, 5) is 17.4. The SMILES string of the molecule is CCCCCCCOC(=O)C1=C(C)Nc2ncnn2[C@@H]1c1cccc(OC)c1OC. The van der Waals surface area contributed by atoms with Crippen LogP contribution in [0.25, 0.3) is 0 Å². The van der Waals surface area contributed by atoms with Crippen molar-refractivity contribution >= 4 is 11.9 Å². The Bertz CT molecular complexity index is 906. The molecule has 2 heterocycles. The molecule has 0 fully saturated rings. The lowest BCUT2D eigenvalue weighted by atomic mass is 9.94. The van der Waals surface area contributed by atoms with Gasteiger partial charge in [-0.15, -0.1) is 0 Å². The van der Waals surface area contributed by atoms with Gasteiger partial charge in [-0.2, -0.15) is 10.1 Å². The van der Waals surface area contributed by atoms with E-state index >= 15 is 0 Å². The van der Waals surface area contributed by atoms with Crippen LogP contribution in [0.5, 0.6) is 11.5 Å². The summed E-state index contributed by atoms with van der Waals surface area (Å²) >= 11 is 0. The molecule has 0 spiro atoms.